The standard InChI is InChI=1S/C26H38N6O/c1-4-19-9-5-8-12-23(19)32(25(27)33)17-18-13-15-20(16-14-18)28-26-29-22-11-7-6-10-21(22)24(30-26)31(2)3/h5,8-9,12,18,20H,4,6-7,10-11,13-17H2,1-3H3,(H2,27,33)(H,28,29,30). The van der Waals surface area contributed by atoms with Gasteiger partial charge in [-0.1, -0.05) is 25.1 Å². The number of fused-ring (bicyclic) bond motifs is 1. The first-order chi connectivity index (χ1) is 16.0. The Labute approximate surface area is 197 Å². The number of para-hydroxylation sites is 1. The third-order valence-corrected chi connectivity index (χ3v) is 7.13. The molecule has 7 nitrogen and oxygen atoms in total. The molecular formula is C26H38N6O. The van der Waals surface area contributed by atoms with Crippen molar-refractivity contribution in [2.45, 2.75) is 70.8 Å². The molecule has 0 atom stereocenters. The summed E-state index contributed by atoms with van der Waals surface area (Å²) in [5.41, 5.74) is 10.4. The highest BCUT2D eigenvalue weighted by Gasteiger charge is 2.27. The molecule has 0 unspecified atom stereocenters. The third-order valence-electron chi connectivity index (χ3n) is 7.13. The summed E-state index contributed by atoms with van der Waals surface area (Å²) in [4.78, 5) is 25.9. The number of benzene rings is 1. The van der Waals surface area contributed by atoms with E-state index in [0.29, 0.717) is 18.5 Å². The van der Waals surface area contributed by atoms with Crippen LogP contribution >= 0.6 is 0 Å². The molecule has 3 N–H and O–H groups in total. The van der Waals surface area contributed by atoms with E-state index in [1.54, 1.807) is 4.90 Å². The van der Waals surface area contributed by atoms with Crippen molar-refractivity contribution in [3.05, 3.63) is 41.1 Å². The van der Waals surface area contributed by atoms with Crippen molar-refractivity contribution < 1.29 is 4.79 Å². The molecule has 33 heavy (non-hydrogen) atoms. The predicted octanol–water partition coefficient (Wildman–Crippen LogP) is 4.54. The molecular weight excluding hydrogens is 412 g/mol. The lowest BCUT2D eigenvalue weighted by Gasteiger charge is -2.33. The van der Waals surface area contributed by atoms with Gasteiger partial charge < -0.3 is 16.0 Å². The van der Waals surface area contributed by atoms with E-state index in [2.05, 4.69) is 37.3 Å². The summed E-state index contributed by atoms with van der Waals surface area (Å²) in [5.74, 6) is 2.27. The molecule has 4 rings (SSSR count). The summed E-state index contributed by atoms with van der Waals surface area (Å²) in [6.45, 7) is 2.79. The van der Waals surface area contributed by atoms with Gasteiger partial charge in [-0.05, 0) is 75.3 Å². The minimum atomic E-state index is -0.366. The van der Waals surface area contributed by atoms with Crippen LogP contribution in [0.3, 0.4) is 0 Å². The van der Waals surface area contributed by atoms with Crippen molar-refractivity contribution in [1.82, 2.24) is 9.97 Å². The van der Waals surface area contributed by atoms with Crippen LogP contribution in [-0.4, -0.2) is 42.7 Å². The average molecular weight is 451 g/mol. The molecule has 0 spiro atoms. The molecule has 2 aliphatic carbocycles. The topological polar surface area (TPSA) is 87.4 Å². The van der Waals surface area contributed by atoms with Crippen LogP contribution in [0.4, 0.5) is 22.2 Å². The van der Waals surface area contributed by atoms with Crippen LogP contribution in [0.25, 0.3) is 0 Å². The van der Waals surface area contributed by atoms with Gasteiger partial charge in [-0.25, -0.2) is 9.78 Å². The quantitative estimate of drug-likeness (QED) is 0.647. The summed E-state index contributed by atoms with van der Waals surface area (Å²) in [5, 5.41) is 3.62. The van der Waals surface area contributed by atoms with Gasteiger partial charge in [0.15, 0.2) is 0 Å². The lowest BCUT2D eigenvalue weighted by molar-refractivity contribution is 0.250. The highest BCUT2D eigenvalue weighted by molar-refractivity contribution is 5.91. The maximum atomic E-state index is 12.3. The van der Waals surface area contributed by atoms with E-state index in [4.69, 9.17) is 15.7 Å². The Bertz CT molecular complexity index is 967. The number of nitrogens with zero attached hydrogens (tertiary/aromatic N) is 4. The Kier molecular flexibility index (Phi) is 7.36. The number of carbonyl (C=O) groups is 1. The first-order valence-electron chi connectivity index (χ1n) is 12.4. The smallest absolute Gasteiger partial charge is 0.319 e. The van der Waals surface area contributed by atoms with Crippen molar-refractivity contribution in [3.8, 4) is 0 Å². The third kappa shape index (κ3) is 5.40. The van der Waals surface area contributed by atoms with Crippen LogP contribution in [0.2, 0.25) is 0 Å². The van der Waals surface area contributed by atoms with E-state index >= 15 is 0 Å². The molecule has 1 aromatic carbocycles. The molecule has 0 saturated heterocycles. The Morgan fingerprint density at radius 1 is 1.09 bits per heavy atom. The van der Waals surface area contributed by atoms with Gasteiger partial charge in [-0.15, -0.1) is 0 Å². The number of nitrogens with one attached hydrogen (secondary N) is 1. The van der Waals surface area contributed by atoms with Crippen LogP contribution < -0.4 is 20.9 Å². The summed E-state index contributed by atoms with van der Waals surface area (Å²) in [7, 11) is 4.13. The van der Waals surface area contributed by atoms with E-state index < -0.39 is 0 Å². The van der Waals surface area contributed by atoms with E-state index in [-0.39, 0.29) is 6.03 Å². The number of hydrogen-bond donors (Lipinski definition) is 2. The molecule has 2 amide bonds. The van der Waals surface area contributed by atoms with Crippen LogP contribution in [0, 0.1) is 5.92 Å². The summed E-state index contributed by atoms with van der Waals surface area (Å²) in [6, 6.07) is 8.08. The van der Waals surface area contributed by atoms with Gasteiger partial charge in [0.2, 0.25) is 5.95 Å². The largest absolute Gasteiger partial charge is 0.362 e. The Hall–Kier alpha value is -2.83. The highest BCUT2D eigenvalue weighted by Crippen LogP contribution is 2.32. The van der Waals surface area contributed by atoms with Crippen molar-refractivity contribution in [2.24, 2.45) is 11.7 Å². The number of hydrogen-bond acceptors (Lipinski definition) is 5. The number of primary amides is 1. The fraction of sp³-hybridized carbons (Fsp3) is 0.577. The van der Waals surface area contributed by atoms with Gasteiger partial charge >= 0.3 is 6.03 Å². The highest BCUT2D eigenvalue weighted by atomic mass is 16.2. The summed E-state index contributed by atoms with van der Waals surface area (Å²) >= 11 is 0. The van der Waals surface area contributed by atoms with Crippen molar-refractivity contribution in [3.63, 3.8) is 0 Å². The van der Waals surface area contributed by atoms with Crippen molar-refractivity contribution in [1.29, 1.82) is 0 Å². The number of nitrogens with two attached hydrogens (primary N) is 1. The van der Waals surface area contributed by atoms with Crippen molar-refractivity contribution >= 4 is 23.5 Å². The van der Waals surface area contributed by atoms with E-state index in [0.717, 1.165) is 68.0 Å². The second-order valence-electron chi connectivity index (χ2n) is 9.69. The minimum absolute atomic E-state index is 0.364. The zero-order valence-corrected chi connectivity index (χ0v) is 20.3. The molecule has 0 bridgehead atoms. The molecule has 1 fully saturated rings. The van der Waals surface area contributed by atoms with Crippen LogP contribution in [0.1, 0.15) is 62.3 Å². The predicted molar refractivity (Wildman–Crippen MR) is 135 cm³/mol. The molecule has 1 heterocycles. The van der Waals surface area contributed by atoms with Gasteiger partial charge in [0.1, 0.15) is 5.82 Å². The number of anilines is 3. The number of amides is 2. The maximum absolute atomic E-state index is 12.3. The second-order valence-corrected chi connectivity index (χ2v) is 9.69. The van der Waals surface area contributed by atoms with E-state index in [1.807, 2.05) is 18.2 Å². The Morgan fingerprint density at radius 2 is 1.82 bits per heavy atom. The normalized spacial score (nSPS) is 20.1. The first kappa shape index (κ1) is 23.3. The first-order valence-corrected chi connectivity index (χ1v) is 12.4. The zero-order chi connectivity index (χ0) is 23.4. The maximum Gasteiger partial charge on any atom is 0.319 e. The Balaban J connectivity index is 1.39. The molecule has 2 aliphatic rings. The number of rotatable bonds is 7. The molecule has 1 saturated carbocycles. The zero-order valence-electron chi connectivity index (χ0n) is 20.3. The second kappa shape index (κ2) is 10.4. The summed E-state index contributed by atoms with van der Waals surface area (Å²) < 4.78 is 0. The van der Waals surface area contributed by atoms with Gasteiger partial charge in [-0.2, -0.15) is 4.98 Å². The van der Waals surface area contributed by atoms with Gasteiger partial charge in [0.25, 0.3) is 0 Å². The van der Waals surface area contributed by atoms with Gasteiger partial charge in [-0.3, -0.25) is 4.90 Å². The fourth-order valence-electron chi connectivity index (χ4n) is 5.32. The molecule has 1 aromatic heterocycles. The number of aromatic nitrogens is 2. The Morgan fingerprint density at radius 3 is 2.52 bits per heavy atom. The van der Waals surface area contributed by atoms with Gasteiger partial charge in [0.05, 0.1) is 5.69 Å². The molecule has 7 heteroatoms. The fourth-order valence-corrected chi connectivity index (χ4v) is 5.32. The summed E-state index contributed by atoms with van der Waals surface area (Å²) in [6.07, 6.45) is 9.63. The van der Waals surface area contributed by atoms with E-state index in [9.17, 15) is 4.79 Å². The monoisotopic (exact) mass is 450 g/mol. The van der Waals surface area contributed by atoms with Crippen LogP contribution in [0.5, 0.6) is 0 Å². The molecule has 0 radical (unpaired) electrons. The SMILES string of the molecule is CCc1ccccc1N(CC1CCC(Nc2nc3c(c(N(C)C)n2)CCCC3)CC1)C(N)=O. The number of urea groups is 1. The van der Waals surface area contributed by atoms with Crippen molar-refractivity contribution in [2.75, 3.05) is 35.8 Å². The molecule has 178 valence electrons. The molecule has 2 aromatic rings. The van der Waals surface area contributed by atoms with Crippen LogP contribution in [0.15, 0.2) is 24.3 Å². The lowest BCUT2D eigenvalue weighted by atomic mass is 9.85. The lowest BCUT2D eigenvalue weighted by Crippen LogP contribution is -2.41. The number of carbonyl (C=O) groups excluding carboxylic acids is 1. The molecule has 0 aliphatic heterocycles. The van der Waals surface area contributed by atoms with E-state index in [1.165, 1.54) is 24.1 Å². The number of aryl methyl sites for hydroxylation is 2. The van der Waals surface area contributed by atoms with Gasteiger partial charge in [0, 0.05) is 37.9 Å². The van der Waals surface area contributed by atoms with Crippen LogP contribution in [-0.2, 0) is 19.3 Å². The minimum Gasteiger partial charge on any atom is -0.362 e. The average Bonchev–Trinajstić information content (AvgIpc) is 2.82.